The van der Waals surface area contributed by atoms with Gasteiger partial charge in [-0.25, -0.2) is 0 Å². The highest BCUT2D eigenvalue weighted by Gasteiger charge is 2.23. The highest BCUT2D eigenvalue weighted by Crippen LogP contribution is 2.35. The SMILES string of the molecule is CC[C@@H](Oc1ccc2c(c1)OCO2)C(=O)NC1CCCCC1. The van der Waals surface area contributed by atoms with Gasteiger partial charge in [0.05, 0.1) is 0 Å². The van der Waals surface area contributed by atoms with Crippen LogP contribution in [0.2, 0.25) is 0 Å². The fraction of sp³-hybridized carbons (Fsp3) is 0.588. The molecule has 0 unspecified atom stereocenters. The molecular formula is C17H23NO4. The van der Waals surface area contributed by atoms with Gasteiger partial charge in [-0.2, -0.15) is 0 Å². The molecule has 0 spiro atoms. The number of benzene rings is 1. The van der Waals surface area contributed by atoms with Crippen molar-refractivity contribution >= 4 is 5.91 Å². The average Bonchev–Trinajstić information content (AvgIpc) is 3.01. The van der Waals surface area contributed by atoms with E-state index >= 15 is 0 Å². The summed E-state index contributed by atoms with van der Waals surface area (Å²) in [5, 5.41) is 3.12. The van der Waals surface area contributed by atoms with E-state index in [4.69, 9.17) is 14.2 Å². The number of fused-ring (bicyclic) bond motifs is 1. The Morgan fingerprint density at radius 2 is 2.05 bits per heavy atom. The van der Waals surface area contributed by atoms with Crippen molar-refractivity contribution in [2.24, 2.45) is 0 Å². The number of rotatable bonds is 5. The van der Waals surface area contributed by atoms with Crippen LogP contribution < -0.4 is 19.5 Å². The van der Waals surface area contributed by atoms with Crippen LogP contribution in [0.15, 0.2) is 18.2 Å². The fourth-order valence-corrected chi connectivity index (χ4v) is 2.98. The Balaban J connectivity index is 1.59. The highest BCUT2D eigenvalue weighted by molar-refractivity contribution is 5.81. The molecule has 3 rings (SSSR count). The summed E-state index contributed by atoms with van der Waals surface area (Å²) in [5.74, 6) is 1.99. The average molecular weight is 305 g/mol. The molecule has 1 N–H and O–H groups in total. The van der Waals surface area contributed by atoms with Gasteiger partial charge < -0.3 is 19.5 Å². The van der Waals surface area contributed by atoms with Gasteiger partial charge in [0, 0.05) is 12.1 Å². The van der Waals surface area contributed by atoms with Crippen LogP contribution in [0, 0.1) is 0 Å². The second-order valence-electron chi connectivity index (χ2n) is 5.87. The van der Waals surface area contributed by atoms with Crippen molar-refractivity contribution in [3.05, 3.63) is 18.2 Å². The maximum absolute atomic E-state index is 12.4. The van der Waals surface area contributed by atoms with E-state index in [1.165, 1.54) is 19.3 Å². The van der Waals surface area contributed by atoms with E-state index in [0.29, 0.717) is 29.7 Å². The summed E-state index contributed by atoms with van der Waals surface area (Å²) in [4.78, 5) is 12.4. The number of ether oxygens (including phenoxy) is 3. The van der Waals surface area contributed by atoms with Crippen molar-refractivity contribution in [3.63, 3.8) is 0 Å². The standard InChI is InChI=1S/C17H23NO4/c1-2-14(17(19)18-12-6-4-3-5-7-12)22-13-8-9-15-16(10-13)21-11-20-15/h8-10,12,14H,2-7,11H2,1H3,(H,18,19)/t14-/m1/s1. The topological polar surface area (TPSA) is 56.8 Å². The molecular weight excluding hydrogens is 282 g/mol. The predicted octanol–water partition coefficient (Wildman–Crippen LogP) is 3.02. The van der Waals surface area contributed by atoms with Gasteiger partial charge in [0.1, 0.15) is 5.75 Å². The number of carbonyl (C=O) groups excluding carboxylic acids is 1. The molecule has 1 amide bonds. The maximum Gasteiger partial charge on any atom is 0.261 e. The van der Waals surface area contributed by atoms with Gasteiger partial charge in [-0.05, 0) is 31.4 Å². The zero-order valence-electron chi connectivity index (χ0n) is 13.0. The first-order valence-electron chi connectivity index (χ1n) is 8.13. The summed E-state index contributed by atoms with van der Waals surface area (Å²) >= 11 is 0. The Bertz CT molecular complexity index is 525. The lowest BCUT2D eigenvalue weighted by molar-refractivity contribution is -0.129. The third-order valence-electron chi connectivity index (χ3n) is 4.24. The van der Waals surface area contributed by atoms with E-state index in [9.17, 15) is 4.79 Å². The number of carbonyl (C=O) groups is 1. The van der Waals surface area contributed by atoms with Gasteiger partial charge in [-0.15, -0.1) is 0 Å². The minimum absolute atomic E-state index is 0.0212. The van der Waals surface area contributed by atoms with Gasteiger partial charge in [0.25, 0.3) is 5.91 Å². The number of nitrogens with one attached hydrogen (secondary N) is 1. The molecule has 1 aliphatic heterocycles. The molecule has 1 fully saturated rings. The maximum atomic E-state index is 12.4. The minimum atomic E-state index is -0.470. The van der Waals surface area contributed by atoms with Gasteiger partial charge in [-0.3, -0.25) is 4.79 Å². The smallest absolute Gasteiger partial charge is 0.261 e. The third kappa shape index (κ3) is 3.46. The molecule has 0 saturated heterocycles. The second kappa shape index (κ2) is 6.90. The lowest BCUT2D eigenvalue weighted by Crippen LogP contribution is -2.44. The van der Waals surface area contributed by atoms with Crippen LogP contribution in [0.25, 0.3) is 0 Å². The van der Waals surface area contributed by atoms with Crippen molar-refractivity contribution in [2.45, 2.75) is 57.6 Å². The Labute approximate surface area is 130 Å². The molecule has 1 aliphatic carbocycles. The molecule has 1 aromatic carbocycles. The third-order valence-corrected chi connectivity index (χ3v) is 4.24. The summed E-state index contributed by atoms with van der Waals surface area (Å²) < 4.78 is 16.5. The van der Waals surface area contributed by atoms with E-state index in [1.807, 2.05) is 19.1 Å². The summed E-state index contributed by atoms with van der Waals surface area (Å²) in [6, 6.07) is 5.70. The fourth-order valence-electron chi connectivity index (χ4n) is 2.98. The van der Waals surface area contributed by atoms with Crippen molar-refractivity contribution in [1.82, 2.24) is 5.32 Å². The van der Waals surface area contributed by atoms with E-state index in [-0.39, 0.29) is 12.7 Å². The zero-order chi connectivity index (χ0) is 15.4. The normalized spacial score (nSPS) is 18.8. The Kier molecular flexibility index (Phi) is 4.71. The highest BCUT2D eigenvalue weighted by atomic mass is 16.7. The molecule has 1 saturated carbocycles. The molecule has 1 heterocycles. The lowest BCUT2D eigenvalue weighted by Gasteiger charge is -2.25. The summed E-state index contributed by atoms with van der Waals surface area (Å²) in [6.45, 7) is 2.19. The number of hydrogen-bond acceptors (Lipinski definition) is 4. The van der Waals surface area contributed by atoms with Crippen LogP contribution in [-0.4, -0.2) is 24.8 Å². The molecule has 5 nitrogen and oxygen atoms in total. The van der Waals surface area contributed by atoms with Crippen molar-refractivity contribution in [1.29, 1.82) is 0 Å². The molecule has 0 bridgehead atoms. The molecule has 1 atom stereocenters. The number of hydrogen-bond donors (Lipinski definition) is 1. The zero-order valence-corrected chi connectivity index (χ0v) is 13.0. The minimum Gasteiger partial charge on any atom is -0.480 e. The molecule has 0 radical (unpaired) electrons. The predicted molar refractivity (Wildman–Crippen MR) is 82.3 cm³/mol. The van der Waals surface area contributed by atoms with Crippen LogP contribution in [0.5, 0.6) is 17.2 Å². The Morgan fingerprint density at radius 1 is 1.27 bits per heavy atom. The van der Waals surface area contributed by atoms with E-state index in [2.05, 4.69) is 5.32 Å². The second-order valence-corrected chi connectivity index (χ2v) is 5.87. The first-order chi connectivity index (χ1) is 10.8. The molecule has 120 valence electrons. The summed E-state index contributed by atoms with van der Waals surface area (Å²) in [5.41, 5.74) is 0. The first-order valence-corrected chi connectivity index (χ1v) is 8.13. The van der Waals surface area contributed by atoms with E-state index < -0.39 is 6.10 Å². The Hall–Kier alpha value is -1.91. The monoisotopic (exact) mass is 305 g/mol. The lowest BCUT2D eigenvalue weighted by atomic mass is 9.95. The van der Waals surface area contributed by atoms with Crippen LogP contribution in [0.3, 0.4) is 0 Å². The largest absolute Gasteiger partial charge is 0.480 e. The number of amides is 1. The van der Waals surface area contributed by atoms with Gasteiger partial charge in [0.15, 0.2) is 17.6 Å². The van der Waals surface area contributed by atoms with Gasteiger partial charge in [-0.1, -0.05) is 26.2 Å². The first kappa shape index (κ1) is 15.0. The molecule has 0 aromatic heterocycles. The van der Waals surface area contributed by atoms with Crippen LogP contribution >= 0.6 is 0 Å². The molecule has 5 heteroatoms. The quantitative estimate of drug-likeness (QED) is 0.908. The van der Waals surface area contributed by atoms with Crippen LogP contribution in [0.1, 0.15) is 45.4 Å². The van der Waals surface area contributed by atoms with Crippen LogP contribution in [0.4, 0.5) is 0 Å². The van der Waals surface area contributed by atoms with E-state index in [1.54, 1.807) is 6.07 Å². The van der Waals surface area contributed by atoms with Crippen molar-refractivity contribution in [3.8, 4) is 17.2 Å². The summed E-state index contributed by atoms with van der Waals surface area (Å²) in [6.07, 6.45) is 5.99. The molecule has 1 aromatic rings. The van der Waals surface area contributed by atoms with Gasteiger partial charge >= 0.3 is 0 Å². The molecule has 2 aliphatic rings. The van der Waals surface area contributed by atoms with Crippen LogP contribution in [-0.2, 0) is 4.79 Å². The van der Waals surface area contributed by atoms with Gasteiger partial charge in [0.2, 0.25) is 6.79 Å². The van der Waals surface area contributed by atoms with Crippen molar-refractivity contribution < 1.29 is 19.0 Å². The van der Waals surface area contributed by atoms with E-state index in [0.717, 1.165) is 12.8 Å². The summed E-state index contributed by atoms with van der Waals surface area (Å²) in [7, 11) is 0. The molecule has 22 heavy (non-hydrogen) atoms. The van der Waals surface area contributed by atoms with Crippen molar-refractivity contribution in [2.75, 3.05) is 6.79 Å². The Morgan fingerprint density at radius 3 is 2.82 bits per heavy atom.